The van der Waals surface area contributed by atoms with Gasteiger partial charge in [-0.1, -0.05) is 0 Å². The number of hydrogen-bond acceptors (Lipinski definition) is 6. The van der Waals surface area contributed by atoms with Gasteiger partial charge in [-0.3, -0.25) is 9.69 Å². The van der Waals surface area contributed by atoms with Gasteiger partial charge in [-0.15, -0.1) is 0 Å². The molecule has 2 N–H and O–H groups in total. The molecule has 24 heavy (non-hydrogen) atoms. The standard InChI is InChI=1S/C16H20N2O6/c1-16(2)14(21)18(15(22)17-16)8-11(19)9-24-12-6-4-10(5-7-12)13(20)23-3/h4-7,11,19H,8-9H2,1-3H3,(H,17,22)/t11-/m0/s1. The van der Waals surface area contributed by atoms with Crippen LogP contribution in [0.15, 0.2) is 24.3 Å². The second-order valence-corrected chi connectivity index (χ2v) is 5.95. The largest absolute Gasteiger partial charge is 0.491 e. The highest BCUT2D eigenvalue weighted by atomic mass is 16.5. The van der Waals surface area contributed by atoms with E-state index in [1.807, 2.05) is 0 Å². The zero-order chi connectivity index (χ0) is 17.9. The third kappa shape index (κ3) is 3.83. The van der Waals surface area contributed by atoms with Crippen molar-refractivity contribution < 1.29 is 29.0 Å². The molecule has 1 fully saturated rings. The first-order chi connectivity index (χ1) is 11.2. The summed E-state index contributed by atoms with van der Waals surface area (Å²) in [6, 6.07) is 5.67. The molecule has 8 nitrogen and oxygen atoms in total. The number of hydrogen-bond donors (Lipinski definition) is 2. The van der Waals surface area contributed by atoms with Crippen LogP contribution in [0.25, 0.3) is 0 Å². The average Bonchev–Trinajstić information content (AvgIpc) is 2.74. The summed E-state index contributed by atoms with van der Waals surface area (Å²) >= 11 is 0. The summed E-state index contributed by atoms with van der Waals surface area (Å²) in [5.74, 6) is -0.407. The van der Waals surface area contributed by atoms with E-state index >= 15 is 0 Å². The molecule has 3 amide bonds. The van der Waals surface area contributed by atoms with Crippen molar-refractivity contribution in [3.63, 3.8) is 0 Å². The number of ether oxygens (including phenoxy) is 2. The van der Waals surface area contributed by atoms with Gasteiger partial charge in [0.05, 0.1) is 19.2 Å². The van der Waals surface area contributed by atoms with Crippen LogP contribution in [0.3, 0.4) is 0 Å². The van der Waals surface area contributed by atoms with E-state index in [-0.39, 0.29) is 13.2 Å². The van der Waals surface area contributed by atoms with Crippen molar-refractivity contribution >= 4 is 17.9 Å². The highest BCUT2D eigenvalue weighted by Crippen LogP contribution is 2.17. The molecule has 0 aromatic heterocycles. The Balaban J connectivity index is 1.87. The van der Waals surface area contributed by atoms with Gasteiger partial charge >= 0.3 is 12.0 Å². The molecule has 1 aliphatic rings. The number of benzene rings is 1. The van der Waals surface area contributed by atoms with Gasteiger partial charge in [0.15, 0.2) is 0 Å². The number of urea groups is 1. The fourth-order valence-electron chi connectivity index (χ4n) is 2.24. The highest BCUT2D eigenvalue weighted by Gasteiger charge is 2.44. The molecule has 1 aromatic carbocycles. The van der Waals surface area contributed by atoms with E-state index < -0.39 is 29.6 Å². The van der Waals surface area contributed by atoms with E-state index in [2.05, 4.69) is 10.1 Å². The van der Waals surface area contributed by atoms with Gasteiger partial charge in [-0.05, 0) is 38.1 Å². The fourth-order valence-corrected chi connectivity index (χ4v) is 2.24. The highest BCUT2D eigenvalue weighted by molar-refractivity contribution is 6.06. The minimum atomic E-state index is -1.03. The normalized spacial score (nSPS) is 17.4. The summed E-state index contributed by atoms with van der Waals surface area (Å²) in [6.45, 7) is 2.93. The first kappa shape index (κ1) is 17.7. The molecule has 1 heterocycles. The number of carbonyl (C=O) groups excluding carboxylic acids is 3. The molecule has 1 atom stereocenters. The van der Waals surface area contributed by atoms with Crippen LogP contribution in [-0.2, 0) is 9.53 Å². The predicted molar refractivity (Wildman–Crippen MR) is 83.6 cm³/mol. The molecule has 1 aromatic rings. The zero-order valence-corrected chi connectivity index (χ0v) is 13.7. The quantitative estimate of drug-likeness (QED) is 0.580. The fraction of sp³-hybridized carbons (Fsp3) is 0.438. The van der Waals surface area contributed by atoms with E-state index in [0.717, 1.165) is 4.90 Å². The summed E-state index contributed by atoms with van der Waals surface area (Å²) in [6.07, 6.45) is -1.03. The minimum Gasteiger partial charge on any atom is -0.491 e. The molecule has 130 valence electrons. The second-order valence-electron chi connectivity index (χ2n) is 5.95. The number of methoxy groups -OCH3 is 1. The maximum atomic E-state index is 12.0. The summed E-state index contributed by atoms with van der Waals surface area (Å²) in [5.41, 5.74) is -0.589. The van der Waals surface area contributed by atoms with E-state index in [1.165, 1.54) is 19.2 Å². The third-order valence-corrected chi connectivity index (χ3v) is 3.56. The SMILES string of the molecule is COC(=O)c1ccc(OC[C@@H](O)CN2C(=O)NC(C)(C)C2=O)cc1. The van der Waals surface area contributed by atoms with E-state index in [9.17, 15) is 19.5 Å². The summed E-state index contributed by atoms with van der Waals surface area (Å²) in [7, 11) is 1.29. The Hall–Kier alpha value is -2.61. The van der Waals surface area contributed by atoms with Gasteiger partial charge in [-0.25, -0.2) is 9.59 Å². The van der Waals surface area contributed by atoms with E-state index in [0.29, 0.717) is 11.3 Å². The minimum absolute atomic E-state index is 0.102. The molecule has 0 saturated carbocycles. The Morgan fingerprint density at radius 1 is 1.29 bits per heavy atom. The van der Waals surface area contributed by atoms with Gasteiger partial charge in [0.1, 0.15) is 24.0 Å². The second kappa shape index (κ2) is 6.88. The molecule has 0 radical (unpaired) electrons. The predicted octanol–water partition coefficient (Wildman–Crippen LogP) is 0.543. The lowest BCUT2D eigenvalue weighted by molar-refractivity contribution is -0.131. The molecule has 0 unspecified atom stereocenters. The lowest BCUT2D eigenvalue weighted by atomic mass is 10.1. The van der Waals surface area contributed by atoms with Crippen LogP contribution in [0.4, 0.5) is 4.79 Å². The van der Waals surface area contributed by atoms with Crippen molar-refractivity contribution in [3.05, 3.63) is 29.8 Å². The van der Waals surface area contributed by atoms with Crippen LogP contribution in [-0.4, -0.2) is 59.8 Å². The summed E-state index contributed by atoms with van der Waals surface area (Å²) < 4.78 is 9.99. The molecule has 8 heteroatoms. The summed E-state index contributed by atoms with van der Waals surface area (Å²) in [5, 5.41) is 12.5. The number of aliphatic hydroxyl groups is 1. The number of nitrogens with one attached hydrogen (secondary N) is 1. The van der Waals surface area contributed by atoms with Crippen molar-refractivity contribution in [2.24, 2.45) is 0 Å². The molecule has 0 aliphatic carbocycles. The van der Waals surface area contributed by atoms with Crippen molar-refractivity contribution in [1.82, 2.24) is 10.2 Å². The smallest absolute Gasteiger partial charge is 0.337 e. The average molecular weight is 336 g/mol. The number of aliphatic hydroxyl groups excluding tert-OH is 1. The number of β-amino-alcohol motifs (C(OH)–C–C–N with tert-alkyl or cyclic N) is 1. The Morgan fingerprint density at radius 3 is 2.42 bits per heavy atom. The third-order valence-electron chi connectivity index (χ3n) is 3.56. The van der Waals surface area contributed by atoms with Crippen molar-refractivity contribution in [3.8, 4) is 5.75 Å². The maximum absolute atomic E-state index is 12.0. The van der Waals surface area contributed by atoms with Gasteiger partial charge in [-0.2, -0.15) is 0 Å². The first-order valence-corrected chi connectivity index (χ1v) is 7.38. The summed E-state index contributed by atoms with van der Waals surface area (Å²) in [4.78, 5) is 36.0. The molecule has 1 saturated heterocycles. The van der Waals surface area contributed by atoms with Crippen LogP contribution >= 0.6 is 0 Å². The van der Waals surface area contributed by atoms with Crippen molar-refractivity contribution in [1.29, 1.82) is 0 Å². The molecule has 0 bridgehead atoms. The number of amides is 3. The lowest BCUT2D eigenvalue weighted by Crippen LogP contribution is -2.42. The van der Waals surface area contributed by atoms with Crippen LogP contribution in [0.5, 0.6) is 5.75 Å². The molecule has 2 rings (SSSR count). The number of esters is 1. The Labute approximate surface area is 139 Å². The topological polar surface area (TPSA) is 105 Å². The van der Waals surface area contributed by atoms with Crippen molar-refractivity contribution in [2.45, 2.75) is 25.5 Å². The van der Waals surface area contributed by atoms with E-state index in [1.54, 1.807) is 26.0 Å². The van der Waals surface area contributed by atoms with Gasteiger partial charge in [0.2, 0.25) is 0 Å². The maximum Gasteiger partial charge on any atom is 0.337 e. The molecular weight excluding hydrogens is 316 g/mol. The Kier molecular flexibility index (Phi) is 5.08. The zero-order valence-electron chi connectivity index (χ0n) is 13.7. The van der Waals surface area contributed by atoms with Crippen LogP contribution in [0, 0.1) is 0 Å². The first-order valence-electron chi connectivity index (χ1n) is 7.38. The van der Waals surface area contributed by atoms with E-state index in [4.69, 9.17) is 4.74 Å². The number of carbonyl (C=O) groups is 3. The van der Waals surface area contributed by atoms with Crippen molar-refractivity contribution in [2.75, 3.05) is 20.3 Å². The van der Waals surface area contributed by atoms with Crippen LogP contribution in [0.2, 0.25) is 0 Å². The molecular formula is C16H20N2O6. The number of nitrogens with zero attached hydrogens (tertiary/aromatic N) is 1. The van der Waals surface area contributed by atoms with Crippen LogP contribution in [0.1, 0.15) is 24.2 Å². The molecule has 0 spiro atoms. The Morgan fingerprint density at radius 2 is 1.92 bits per heavy atom. The Bertz CT molecular complexity index is 640. The monoisotopic (exact) mass is 336 g/mol. The van der Waals surface area contributed by atoms with Gasteiger partial charge < -0.3 is 19.9 Å². The van der Waals surface area contributed by atoms with Gasteiger partial charge in [0, 0.05) is 0 Å². The van der Waals surface area contributed by atoms with Crippen LogP contribution < -0.4 is 10.1 Å². The van der Waals surface area contributed by atoms with Gasteiger partial charge in [0.25, 0.3) is 5.91 Å². The molecule has 1 aliphatic heterocycles. The number of rotatable bonds is 6. The number of imide groups is 1. The lowest BCUT2D eigenvalue weighted by Gasteiger charge is -2.19.